The molecule has 0 saturated carbocycles. The van der Waals surface area contributed by atoms with Crippen molar-refractivity contribution in [2.75, 3.05) is 0 Å². The number of hydrogen-bond acceptors (Lipinski definition) is 5. The summed E-state index contributed by atoms with van der Waals surface area (Å²) in [6.45, 7) is 1.66. The van der Waals surface area contributed by atoms with Crippen LogP contribution >= 0.6 is 11.8 Å². The molecule has 0 aliphatic carbocycles. The van der Waals surface area contributed by atoms with E-state index in [-0.39, 0.29) is 5.69 Å². The standard InChI is InChI=1S/C10H12N4O2S/c1-6(15)8-4-3-7(5-11-8)17-10-13-12-9(16)14(10)2/h3-6,15H,1-2H3,(H,12,16). The fourth-order valence-electron chi connectivity index (χ4n) is 1.23. The maximum atomic E-state index is 11.2. The smallest absolute Gasteiger partial charge is 0.343 e. The minimum absolute atomic E-state index is 0.249. The van der Waals surface area contributed by atoms with Gasteiger partial charge in [0.25, 0.3) is 0 Å². The Morgan fingerprint density at radius 2 is 2.29 bits per heavy atom. The Kier molecular flexibility index (Phi) is 3.30. The number of aromatic nitrogens is 4. The first-order valence-corrected chi connectivity index (χ1v) is 5.83. The average Bonchev–Trinajstić information content (AvgIpc) is 2.62. The molecule has 2 rings (SSSR count). The van der Waals surface area contributed by atoms with Crippen LogP contribution < -0.4 is 5.69 Å². The van der Waals surface area contributed by atoms with Gasteiger partial charge in [-0.05, 0) is 30.8 Å². The average molecular weight is 252 g/mol. The fourth-order valence-corrected chi connectivity index (χ4v) is 1.99. The highest BCUT2D eigenvalue weighted by molar-refractivity contribution is 7.99. The molecule has 0 fully saturated rings. The minimum atomic E-state index is -0.580. The van der Waals surface area contributed by atoms with Gasteiger partial charge in [-0.1, -0.05) is 0 Å². The van der Waals surface area contributed by atoms with Crippen molar-refractivity contribution in [3.63, 3.8) is 0 Å². The number of H-pyrrole nitrogens is 1. The molecule has 90 valence electrons. The zero-order valence-corrected chi connectivity index (χ0v) is 10.2. The lowest BCUT2D eigenvalue weighted by molar-refractivity contribution is 0.194. The summed E-state index contributed by atoms with van der Waals surface area (Å²) in [5.41, 5.74) is 0.367. The Balaban J connectivity index is 2.19. The number of aliphatic hydroxyl groups is 1. The second-order valence-corrected chi connectivity index (χ2v) is 4.61. The van der Waals surface area contributed by atoms with Gasteiger partial charge in [-0.2, -0.15) is 0 Å². The molecule has 1 atom stereocenters. The first kappa shape index (κ1) is 11.9. The van der Waals surface area contributed by atoms with Crippen LogP contribution in [0.1, 0.15) is 18.7 Å². The topological polar surface area (TPSA) is 83.8 Å². The molecular formula is C10H12N4O2S. The van der Waals surface area contributed by atoms with Crippen molar-refractivity contribution in [2.24, 2.45) is 7.05 Å². The fraction of sp³-hybridized carbons (Fsp3) is 0.300. The highest BCUT2D eigenvalue weighted by Crippen LogP contribution is 2.24. The number of hydrogen-bond donors (Lipinski definition) is 2. The zero-order valence-electron chi connectivity index (χ0n) is 9.41. The molecule has 2 aromatic rings. The van der Waals surface area contributed by atoms with Gasteiger partial charge >= 0.3 is 5.69 Å². The third-order valence-electron chi connectivity index (χ3n) is 2.24. The van der Waals surface area contributed by atoms with Crippen LogP contribution in [-0.2, 0) is 7.05 Å². The highest BCUT2D eigenvalue weighted by atomic mass is 32.2. The second-order valence-electron chi connectivity index (χ2n) is 3.57. The number of nitrogens with one attached hydrogen (secondary N) is 1. The summed E-state index contributed by atoms with van der Waals surface area (Å²) in [4.78, 5) is 16.1. The van der Waals surface area contributed by atoms with Gasteiger partial charge in [0, 0.05) is 18.1 Å². The first-order valence-electron chi connectivity index (χ1n) is 5.01. The highest BCUT2D eigenvalue weighted by Gasteiger charge is 2.07. The summed E-state index contributed by atoms with van der Waals surface area (Å²) < 4.78 is 1.42. The SMILES string of the molecule is CC(O)c1ccc(Sc2n[nH]c(=O)n2C)cn1. The van der Waals surface area contributed by atoms with Gasteiger partial charge in [-0.25, -0.2) is 9.89 Å². The monoisotopic (exact) mass is 252 g/mol. The summed E-state index contributed by atoms with van der Waals surface area (Å²) in [6.07, 6.45) is 1.06. The van der Waals surface area contributed by atoms with Crippen molar-refractivity contribution in [3.05, 3.63) is 34.5 Å². The molecule has 6 nitrogen and oxygen atoms in total. The van der Waals surface area contributed by atoms with Crippen LogP contribution in [0.15, 0.2) is 33.2 Å². The molecule has 2 heterocycles. The first-order chi connectivity index (χ1) is 8.08. The van der Waals surface area contributed by atoms with E-state index < -0.39 is 6.10 Å². The van der Waals surface area contributed by atoms with Gasteiger partial charge in [0.1, 0.15) is 0 Å². The quantitative estimate of drug-likeness (QED) is 0.840. The normalized spacial score (nSPS) is 12.6. The predicted octanol–water partition coefficient (Wildman–Crippen LogP) is 0.708. The predicted molar refractivity (Wildman–Crippen MR) is 62.8 cm³/mol. The molecule has 0 saturated heterocycles. The van der Waals surface area contributed by atoms with E-state index in [2.05, 4.69) is 15.2 Å². The summed E-state index contributed by atoms with van der Waals surface area (Å²) in [5.74, 6) is 0. The van der Waals surface area contributed by atoms with Crippen molar-refractivity contribution < 1.29 is 5.11 Å². The van der Waals surface area contributed by atoms with Gasteiger partial charge in [-0.3, -0.25) is 9.55 Å². The second kappa shape index (κ2) is 4.72. The van der Waals surface area contributed by atoms with Crippen molar-refractivity contribution in [1.82, 2.24) is 19.7 Å². The van der Waals surface area contributed by atoms with Gasteiger partial charge in [-0.15, -0.1) is 5.10 Å². The van der Waals surface area contributed by atoms with Crippen LogP contribution in [0.3, 0.4) is 0 Å². The molecule has 0 spiro atoms. The largest absolute Gasteiger partial charge is 0.387 e. The van der Waals surface area contributed by atoms with Gasteiger partial charge < -0.3 is 5.11 Å². The van der Waals surface area contributed by atoms with E-state index >= 15 is 0 Å². The number of rotatable bonds is 3. The van der Waals surface area contributed by atoms with E-state index in [0.717, 1.165) is 4.90 Å². The van der Waals surface area contributed by atoms with Crippen molar-refractivity contribution in [2.45, 2.75) is 23.1 Å². The summed E-state index contributed by atoms with van der Waals surface area (Å²) in [5, 5.41) is 16.1. The Hall–Kier alpha value is -1.60. The third kappa shape index (κ3) is 2.56. The Bertz CT molecular complexity index is 558. The molecule has 0 aliphatic heterocycles. The molecule has 2 N–H and O–H groups in total. The molecule has 0 radical (unpaired) electrons. The van der Waals surface area contributed by atoms with E-state index in [1.807, 2.05) is 6.07 Å². The Labute approximate surface area is 102 Å². The van der Waals surface area contributed by atoms with E-state index in [0.29, 0.717) is 10.9 Å². The molecule has 0 aromatic carbocycles. The molecular weight excluding hydrogens is 240 g/mol. The molecule has 0 amide bonds. The van der Waals surface area contributed by atoms with Gasteiger partial charge in [0.2, 0.25) is 0 Å². The summed E-state index contributed by atoms with van der Waals surface area (Å²) in [6, 6.07) is 3.58. The third-order valence-corrected chi connectivity index (χ3v) is 3.26. The molecule has 7 heteroatoms. The van der Waals surface area contributed by atoms with Gasteiger partial charge in [0.05, 0.1) is 11.8 Å². The number of nitrogens with zero attached hydrogens (tertiary/aromatic N) is 3. The minimum Gasteiger partial charge on any atom is -0.387 e. The van der Waals surface area contributed by atoms with E-state index in [9.17, 15) is 9.90 Å². The van der Waals surface area contributed by atoms with Crippen LogP contribution in [-0.4, -0.2) is 24.9 Å². The molecule has 0 aliphatic rings. The van der Waals surface area contributed by atoms with Crippen LogP contribution in [0.25, 0.3) is 0 Å². The van der Waals surface area contributed by atoms with Crippen molar-refractivity contribution >= 4 is 11.8 Å². The number of pyridine rings is 1. The van der Waals surface area contributed by atoms with E-state index in [4.69, 9.17) is 0 Å². The maximum Gasteiger partial charge on any atom is 0.343 e. The molecule has 0 bridgehead atoms. The van der Waals surface area contributed by atoms with Crippen LogP contribution in [0, 0.1) is 0 Å². The van der Waals surface area contributed by atoms with Crippen molar-refractivity contribution in [3.8, 4) is 0 Å². The van der Waals surface area contributed by atoms with Gasteiger partial charge in [0.15, 0.2) is 5.16 Å². The zero-order chi connectivity index (χ0) is 12.4. The lowest BCUT2D eigenvalue weighted by Crippen LogP contribution is -2.12. The van der Waals surface area contributed by atoms with E-state index in [1.54, 1.807) is 26.2 Å². The van der Waals surface area contributed by atoms with Crippen LogP contribution in [0.5, 0.6) is 0 Å². The lowest BCUT2D eigenvalue weighted by atomic mass is 10.2. The van der Waals surface area contributed by atoms with Crippen LogP contribution in [0.4, 0.5) is 0 Å². The molecule has 1 unspecified atom stereocenters. The van der Waals surface area contributed by atoms with Crippen LogP contribution in [0.2, 0.25) is 0 Å². The van der Waals surface area contributed by atoms with E-state index in [1.165, 1.54) is 16.3 Å². The Morgan fingerprint density at radius 1 is 1.53 bits per heavy atom. The maximum absolute atomic E-state index is 11.2. The summed E-state index contributed by atoms with van der Waals surface area (Å²) in [7, 11) is 1.64. The molecule has 2 aromatic heterocycles. The molecule has 17 heavy (non-hydrogen) atoms. The summed E-state index contributed by atoms with van der Waals surface area (Å²) >= 11 is 1.33. The lowest BCUT2D eigenvalue weighted by Gasteiger charge is -2.04. The Morgan fingerprint density at radius 3 is 2.76 bits per heavy atom. The number of aliphatic hydroxyl groups excluding tert-OH is 1. The number of aromatic amines is 1. The van der Waals surface area contributed by atoms with Crippen molar-refractivity contribution in [1.29, 1.82) is 0 Å².